The monoisotopic (exact) mass is 318 g/mol. The Labute approximate surface area is 133 Å². The highest BCUT2D eigenvalue weighted by Crippen LogP contribution is 2.28. The third-order valence-corrected chi connectivity index (χ3v) is 3.87. The first kappa shape index (κ1) is 15.5. The molecule has 1 amide bonds. The van der Waals surface area contributed by atoms with Crippen LogP contribution < -0.4 is 15.8 Å². The van der Waals surface area contributed by atoms with Crippen molar-refractivity contribution < 1.29 is 13.9 Å². The van der Waals surface area contributed by atoms with Crippen LogP contribution in [0.1, 0.15) is 16.8 Å². The van der Waals surface area contributed by atoms with Gasteiger partial charge < -0.3 is 20.4 Å². The van der Waals surface area contributed by atoms with Crippen molar-refractivity contribution in [2.24, 2.45) is 12.8 Å². The van der Waals surface area contributed by atoms with Crippen molar-refractivity contribution in [2.75, 3.05) is 13.1 Å². The average molecular weight is 318 g/mol. The fraction of sp³-hybridized carbons (Fsp3) is 0.375. The lowest BCUT2D eigenvalue weighted by Gasteiger charge is -2.28. The van der Waals surface area contributed by atoms with Crippen molar-refractivity contribution in [3.63, 3.8) is 0 Å². The zero-order valence-corrected chi connectivity index (χ0v) is 12.8. The predicted molar refractivity (Wildman–Crippen MR) is 84.0 cm³/mol. The molecule has 0 spiro atoms. The number of rotatable bonds is 4. The van der Waals surface area contributed by atoms with Gasteiger partial charge in [0.1, 0.15) is 18.0 Å². The van der Waals surface area contributed by atoms with Crippen molar-refractivity contribution in [2.45, 2.75) is 18.7 Å². The summed E-state index contributed by atoms with van der Waals surface area (Å²) in [5.41, 5.74) is 7.18. The number of carbonyl (C=O) groups excluding carboxylic acids is 1. The normalized spacial score (nSPS) is 21.1. The number of nitrogens with two attached hydrogens (primary N) is 1. The molecule has 1 fully saturated rings. The van der Waals surface area contributed by atoms with Crippen LogP contribution in [-0.4, -0.2) is 40.8 Å². The van der Waals surface area contributed by atoms with Crippen molar-refractivity contribution >= 4 is 5.91 Å². The predicted octanol–water partition coefficient (Wildman–Crippen LogP) is 1.26. The number of ether oxygens (including phenoxy) is 1. The summed E-state index contributed by atoms with van der Waals surface area (Å²) in [6, 6.07) is 5.07. The number of alkyl halides is 1. The van der Waals surface area contributed by atoms with Gasteiger partial charge >= 0.3 is 0 Å². The number of aromatic nitrogens is 2. The highest BCUT2D eigenvalue weighted by Gasteiger charge is 2.27. The van der Waals surface area contributed by atoms with Gasteiger partial charge in [-0.2, -0.15) is 0 Å². The van der Waals surface area contributed by atoms with E-state index < -0.39 is 18.2 Å². The Morgan fingerprint density at radius 2 is 2.35 bits per heavy atom. The van der Waals surface area contributed by atoms with Gasteiger partial charge in [0, 0.05) is 25.4 Å². The van der Waals surface area contributed by atoms with E-state index in [1.165, 1.54) is 0 Å². The van der Waals surface area contributed by atoms with Gasteiger partial charge in [0.25, 0.3) is 5.91 Å². The summed E-state index contributed by atoms with van der Waals surface area (Å²) < 4.78 is 21.4. The fourth-order valence-electron chi connectivity index (χ4n) is 2.64. The molecular weight excluding hydrogens is 299 g/mol. The molecule has 1 saturated heterocycles. The van der Waals surface area contributed by atoms with E-state index in [-0.39, 0.29) is 12.1 Å². The molecule has 2 atom stereocenters. The Hall–Kier alpha value is -2.41. The van der Waals surface area contributed by atoms with Crippen molar-refractivity contribution in [1.82, 2.24) is 14.9 Å². The van der Waals surface area contributed by atoms with Crippen molar-refractivity contribution in [1.29, 1.82) is 0 Å². The summed E-state index contributed by atoms with van der Waals surface area (Å²) in [4.78, 5) is 16.0. The van der Waals surface area contributed by atoms with Gasteiger partial charge in [0.05, 0.1) is 17.6 Å². The molecule has 122 valence electrons. The molecule has 23 heavy (non-hydrogen) atoms. The quantitative estimate of drug-likeness (QED) is 0.889. The van der Waals surface area contributed by atoms with E-state index in [1.807, 2.05) is 17.8 Å². The van der Waals surface area contributed by atoms with E-state index in [1.54, 1.807) is 24.5 Å². The minimum atomic E-state index is -1.11. The van der Waals surface area contributed by atoms with Crippen LogP contribution in [0, 0.1) is 0 Å². The number of benzene rings is 1. The Morgan fingerprint density at radius 3 is 3.00 bits per heavy atom. The van der Waals surface area contributed by atoms with Crippen LogP contribution in [0.25, 0.3) is 11.3 Å². The molecule has 0 bridgehead atoms. The van der Waals surface area contributed by atoms with Crippen LogP contribution >= 0.6 is 0 Å². The maximum Gasteiger partial charge on any atom is 0.252 e. The standard InChI is InChI=1S/C16H19FN4O2/c1-21-8-13(20-9-21)10-2-3-14(11(6-10)16(18)22)23-15-4-5-19-7-12(15)17/h2-3,6,8-9,12,15,19H,4-5,7H2,1H3,(H2,18,22)/t12-,15+/m0/s1. The van der Waals surface area contributed by atoms with Gasteiger partial charge in [-0.05, 0) is 31.2 Å². The second-order valence-electron chi connectivity index (χ2n) is 5.66. The molecule has 1 aliphatic heterocycles. The van der Waals surface area contributed by atoms with E-state index in [9.17, 15) is 9.18 Å². The highest BCUT2D eigenvalue weighted by molar-refractivity contribution is 5.96. The topological polar surface area (TPSA) is 82.2 Å². The summed E-state index contributed by atoms with van der Waals surface area (Å²) in [7, 11) is 1.86. The van der Waals surface area contributed by atoms with Crippen LogP contribution in [0.15, 0.2) is 30.7 Å². The van der Waals surface area contributed by atoms with E-state index in [0.717, 1.165) is 11.3 Å². The first-order valence-electron chi connectivity index (χ1n) is 7.48. The molecule has 0 saturated carbocycles. The molecular formula is C16H19FN4O2. The molecule has 0 radical (unpaired) electrons. The number of carbonyl (C=O) groups is 1. The maximum atomic E-state index is 13.9. The minimum Gasteiger partial charge on any atom is -0.486 e. The fourth-order valence-corrected chi connectivity index (χ4v) is 2.64. The number of nitrogens with one attached hydrogen (secondary N) is 1. The summed E-state index contributed by atoms with van der Waals surface area (Å²) in [5.74, 6) is -0.297. The SMILES string of the molecule is Cn1cnc(-c2ccc(O[C@@H]3CCNC[C@@H]3F)c(C(N)=O)c2)c1. The maximum absolute atomic E-state index is 13.9. The molecule has 2 aromatic rings. The zero-order chi connectivity index (χ0) is 16.4. The van der Waals surface area contributed by atoms with Crippen LogP contribution in [0.4, 0.5) is 4.39 Å². The van der Waals surface area contributed by atoms with Gasteiger partial charge in [-0.3, -0.25) is 4.79 Å². The summed E-state index contributed by atoms with van der Waals surface area (Å²) in [6.45, 7) is 0.936. The van der Waals surface area contributed by atoms with E-state index >= 15 is 0 Å². The van der Waals surface area contributed by atoms with Crippen LogP contribution in [0.3, 0.4) is 0 Å². The lowest BCUT2D eigenvalue weighted by atomic mass is 10.1. The van der Waals surface area contributed by atoms with E-state index in [4.69, 9.17) is 10.5 Å². The zero-order valence-electron chi connectivity index (χ0n) is 12.8. The molecule has 0 unspecified atom stereocenters. The van der Waals surface area contributed by atoms with Crippen molar-refractivity contribution in [3.8, 4) is 17.0 Å². The third kappa shape index (κ3) is 3.34. The molecule has 0 aliphatic carbocycles. The molecule has 3 rings (SSSR count). The number of aryl methyl sites for hydroxylation is 1. The lowest BCUT2D eigenvalue weighted by Crippen LogP contribution is -2.44. The number of hydrogen-bond acceptors (Lipinski definition) is 4. The number of halogens is 1. The number of hydrogen-bond donors (Lipinski definition) is 2. The number of primary amides is 1. The third-order valence-electron chi connectivity index (χ3n) is 3.87. The van der Waals surface area contributed by atoms with Crippen LogP contribution in [0.2, 0.25) is 0 Å². The Balaban J connectivity index is 1.89. The summed E-state index contributed by atoms with van der Waals surface area (Å²) in [5, 5.41) is 2.96. The molecule has 1 aromatic carbocycles. The van der Waals surface area contributed by atoms with Gasteiger partial charge in [0.2, 0.25) is 0 Å². The molecule has 2 heterocycles. The lowest BCUT2D eigenvalue weighted by molar-refractivity contribution is 0.0713. The van der Waals surface area contributed by atoms with Crippen LogP contribution in [-0.2, 0) is 7.05 Å². The summed E-state index contributed by atoms with van der Waals surface area (Å²) >= 11 is 0. The molecule has 3 N–H and O–H groups in total. The molecule has 6 nitrogen and oxygen atoms in total. The Morgan fingerprint density at radius 1 is 1.52 bits per heavy atom. The molecule has 1 aromatic heterocycles. The molecule has 7 heteroatoms. The second-order valence-corrected chi connectivity index (χ2v) is 5.66. The Kier molecular flexibility index (Phi) is 4.29. The van der Waals surface area contributed by atoms with E-state index in [2.05, 4.69) is 10.3 Å². The highest BCUT2D eigenvalue weighted by atomic mass is 19.1. The number of amides is 1. The second kappa shape index (κ2) is 6.37. The van der Waals surface area contributed by atoms with Gasteiger partial charge in [-0.1, -0.05) is 0 Å². The van der Waals surface area contributed by atoms with Gasteiger partial charge in [-0.25, -0.2) is 9.37 Å². The first-order chi connectivity index (χ1) is 11.0. The average Bonchev–Trinajstić information content (AvgIpc) is 2.96. The van der Waals surface area contributed by atoms with Gasteiger partial charge in [0.15, 0.2) is 0 Å². The number of piperidine rings is 1. The number of nitrogens with zero attached hydrogens (tertiary/aromatic N) is 2. The first-order valence-corrected chi connectivity index (χ1v) is 7.48. The minimum absolute atomic E-state index is 0.235. The van der Waals surface area contributed by atoms with Gasteiger partial charge in [-0.15, -0.1) is 0 Å². The Bertz CT molecular complexity index is 716. The molecule has 1 aliphatic rings. The van der Waals surface area contributed by atoms with Crippen LogP contribution in [0.5, 0.6) is 5.75 Å². The largest absolute Gasteiger partial charge is 0.486 e. The van der Waals surface area contributed by atoms with Crippen molar-refractivity contribution in [3.05, 3.63) is 36.3 Å². The van der Waals surface area contributed by atoms with E-state index in [0.29, 0.717) is 18.7 Å². The summed E-state index contributed by atoms with van der Waals surface area (Å²) in [6.07, 6.45) is 2.37. The number of imidazole rings is 1. The smallest absolute Gasteiger partial charge is 0.252 e.